The number of fused-ring (bicyclic) bond motifs is 1. The highest BCUT2D eigenvalue weighted by molar-refractivity contribution is 5.90. The van der Waals surface area contributed by atoms with Gasteiger partial charge in [-0.05, 0) is 32.3 Å². The second kappa shape index (κ2) is 5.11. The largest absolute Gasteiger partial charge is 0.458 e. The maximum atomic E-state index is 11.6. The second-order valence-corrected chi connectivity index (χ2v) is 5.27. The minimum Gasteiger partial charge on any atom is -0.458 e. The van der Waals surface area contributed by atoms with Crippen LogP contribution in [0.2, 0.25) is 0 Å². The van der Waals surface area contributed by atoms with Crippen molar-refractivity contribution >= 4 is 5.97 Å². The molecule has 0 radical (unpaired) electrons. The molecular weight excluding hydrogens is 228 g/mol. The van der Waals surface area contributed by atoms with E-state index in [1.54, 1.807) is 0 Å². The number of esters is 1. The Morgan fingerprint density at radius 3 is 2.78 bits per heavy atom. The van der Waals surface area contributed by atoms with Gasteiger partial charge in [0.15, 0.2) is 0 Å². The molecule has 0 amide bonds. The summed E-state index contributed by atoms with van der Waals surface area (Å²) in [6.45, 7) is 7.76. The number of aliphatic hydroxyl groups is 1. The maximum Gasteiger partial charge on any atom is 0.334 e. The summed E-state index contributed by atoms with van der Waals surface area (Å²) in [6.07, 6.45) is 5.58. The van der Waals surface area contributed by atoms with Crippen LogP contribution in [0.15, 0.2) is 35.5 Å². The molecule has 0 saturated carbocycles. The Hall–Kier alpha value is -1.35. The van der Waals surface area contributed by atoms with Crippen LogP contribution >= 0.6 is 0 Å². The summed E-state index contributed by atoms with van der Waals surface area (Å²) in [5.41, 5.74) is 2.67. The van der Waals surface area contributed by atoms with Crippen molar-refractivity contribution in [3.8, 4) is 0 Å². The van der Waals surface area contributed by atoms with Crippen molar-refractivity contribution in [3.63, 3.8) is 0 Å². The quantitative estimate of drug-likeness (QED) is 0.407. The van der Waals surface area contributed by atoms with Crippen molar-refractivity contribution in [2.75, 3.05) is 0 Å². The lowest BCUT2D eigenvalue weighted by molar-refractivity contribution is -0.139. The fraction of sp³-hybridized carbons (Fsp3) is 0.533. The predicted octanol–water partition coefficient (Wildman–Crippen LogP) is 2.52. The molecule has 1 saturated heterocycles. The summed E-state index contributed by atoms with van der Waals surface area (Å²) in [7, 11) is 0. The Kier molecular flexibility index (Phi) is 3.71. The number of hydrogen-bond donors (Lipinski definition) is 1. The van der Waals surface area contributed by atoms with E-state index in [9.17, 15) is 9.90 Å². The first-order valence-corrected chi connectivity index (χ1v) is 6.39. The van der Waals surface area contributed by atoms with E-state index < -0.39 is 6.10 Å². The molecule has 0 bridgehead atoms. The van der Waals surface area contributed by atoms with Crippen molar-refractivity contribution in [2.24, 2.45) is 5.92 Å². The van der Waals surface area contributed by atoms with Crippen molar-refractivity contribution in [1.82, 2.24) is 0 Å². The summed E-state index contributed by atoms with van der Waals surface area (Å²) in [6, 6.07) is 0. The summed E-state index contributed by atoms with van der Waals surface area (Å²) in [5, 5.41) is 9.94. The van der Waals surface area contributed by atoms with Crippen LogP contribution in [-0.4, -0.2) is 23.3 Å². The Labute approximate surface area is 108 Å². The smallest absolute Gasteiger partial charge is 0.334 e. The zero-order valence-electron chi connectivity index (χ0n) is 11.0. The van der Waals surface area contributed by atoms with Crippen LogP contribution in [0.4, 0.5) is 0 Å². The standard InChI is InChI=1S/C15H20O3/c1-9-4-7-13(16)10(2)5-6-12-11(3)15(17)18-14(12)8-9/h4-5,12-14,16H,3,6-8H2,1-2H3/b9-4+,10-5+/t12-,13-,14+/m1/s1. The van der Waals surface area contributed by atoms with Crippen LogP contribution in [0.5, 0.6) is 0 Å². The normalized spacial score (nSPS) is 39.2. The molecule has 2 rings (SSSR count). The molecule has 1 fully saturated rings. The van der Waals surface area contributed by atoms with Gasteiger partial charge in [0.05, 0.1) is 6.10 Å². The molecule has 0 unspecified atom stereocenters. The van der Waals surface area contributed by atoms with Gasteiger partial charge in [-0.25, -0.2) is 4.79 Å². The van der Waals surface area contributed by atoms with Gasteiger partial charge in [-0.2, -0.15) is 0 Å². The van der Waals surface area contributed by atoms with Gasteiger partial charge in [-0.15, -0.1) is 0 Å². The number of carbonyl (C=O) groups is 1. The molecule has 3 heteroatoms. The van der Waals surface area contributed by atoms with Gasteiger partial charge >= 0.3 is 5.97 Å². The highest BCUT2D eigenvalue weighted by Gasteiger charge is 2.37. The minimum absolute atomic E-state index is 0.0427. The Morgan fingerprint density at radius 2 is 2.06 bits per heavy atom. The Bertz CT molecular complexity index is 431. The molecular formula is C15H20O3. The molecule has 0 aromatic carbocycles. The molecule has 2 aliphatic rings. The third kappa shape index (κ3) is 2.56. The molecule has 98 valence electrons. The fourth-order valence-electron chi connectivity index (χ4n) is 2.50. The molecule has 1 aliphatic carbocycles. The monoisotopic (exact) mass is 248 g/mol. The van der Waals surface area contributed by atoms with E-state index >= 15 is 0 Å². The molecule has 3 nitrogen and oxygen atoms in total. The third-order valence-electron chi connectivity index (χ3n) is 3.85. The van der Waals surface area contributed by atoms with Crippen molar-refractivity contribution < 1.29 is 14.6 Å². The van der Waals surface area contributed by atoms with Crippen LogP contribution in [0, 0.1) is 5.92 Å². The van der Waals surface area contributed by atoms with Crippen LogP contribution in [0.3, 0.4) is 0 Å². The van der Waals surface area contributed by atoms with E-state index in [1.165, 1.54) is 0 Å². The summed E-state index contributed by atoms with van der Waals surface area (Å²) >= 11 is 0. The summed E-state index contributed by atoms with van der Waals surface area (Å²) < 4.78 is 5.37. The molecule has 0 spiro atoms. The minimum atomic E-state index is -0.428. The number of ether oxygens (including phenoxy) is 1. The first-order valence-electron chi connectivity index (χ1n) is 6.39. The highest BCUT2D eigenvalue weighted by atomic mass is 16.6. The van der Waals surface area contributed by atoms with Gasteiger partial charge < -0.3 is 9.84 Å². The van der Waals surface area contributed by atoms with Crippen molar-refractivity contribution in [1.29, 1.82) is 0 Å². The average molecular weight is 248 g/mol. The highest BCUT2D eigenvalue weighted by Crippen LogP contribution is 2.34. The van der Waals surface area contributed by atoms with E-state index in [2.05, 4.69) is 6.58 Å². The van der Waals surface area contributed by atoms with E-state index in [1.807, 2.05) is 26.0 Å². The van der Waals surface area contributed by atoms with Gasteiger partial charge in [0.2, 0.25) is 0 Å². The second-order valence-electron chi connectivity index (χ2n) is 5.27. The lowest BCUT2D eigenvalue weighted by atomic mass is 9.87. The van der Waals surface area contributed by atoms with Gasteiger partial charge in [-0.3, -0.25) is 0 Å². The van der Waals surface area contributed by atoms with Crippen LogP contribution in [0.1, 0.15) is 33.1 Å². The molecule has 1 N–H and O–H groups in total. The number of rotatable bonds is 0. The lowest BCUT2D eigenvalue weighted by Crippen LogP contribution is -2.18. The van der Waals surface area contributed by atoms with Crippen LogP contribution < -0.4 is 0 Å². The van der Waals surface area contributed by atoms with Gasteiger partial charge in [0.25, 0.3) is 0 Å². The van der Waals surface area contributed by atoms with E-state index in [0.29, 0.717) is 18.4 Å². The van der Waals surface area contributed by atoms with Gasteiger partial charge in [0.1, 0.15) is 6.10 Å². The number of carbonyl (C=O) groups excluding carboxylic acids is 1. The first kappa shape index (κ1) is 13.1. The third-order valence-corrected chi connectivity index (χ3v) is 3.85. The van der Waals surface area contributed by atoms with Crippen molar-refractivity contribution in [2.45, 2.75) is 45.3 Å². The fourth-order valence-corrected chi connectivity index (χ4v) is 2.50. The molecule has 0 aromatic heterocycles. The number of aliphatic hydroxyl groups excluding tert-OH is 1. The van der Waals surface area contributed by atoms with E-state index in [0.717, 1.165) is 17.6 Å². The zero-order valence-corrected chi connectivity index (χ0v) is 11.0. The first-order chi connectivity index (χ1) is 8.49. The predicted molar refractivity (Wildman–Crippen MR) is 69.9 cm³/mol. The number of allylic oxidation sites excluding steroid dienone is 1. The molecule has 3 atom stereocenters. The van der Waals surface area contributed by atoms with E-state index in [-0.39, 0.29) is 18.0 Å². The summed E-state index contributed by atoms with van der Waals surface area (Å²) in [4.78, 5) is 11.6. The molecule has 0 aromatic rings. The molecule has 18 heavy (non-hydrogen) atoms. The number of hydrogen-bond acceptors (Lipinski definition) is 3. The van der Waals surface area contributed by atoms with Gasteiger partial charge in [0, 0.05) is 17.9 Å². The SMILES string of the molecule is C=C1C(=O)O[C@H]2C/C(C)=C/C[C@@H](O)/C(C)=C/C[C@H]12. The summed E-state index contributed by atoms with van der Waals surface area (Å²) in [5.74, 6) is -0.232. The zero-order chi connectivity index (χ0) is 13.3. The van der Waals surface area contributed by atoms with Crippen molar-refractivity contribution in [3.05, 3.63) is 35.5 Å². The molecule has 1 heterocycles. The average Bonchev–Trinajstić information content (AvgIpc) is 2.58. The Morgan fingerprint density at radius 1 is 1.33 bits per heavy atom. The van der Waals surface area contributed by atoms with Crippen LogP contribution in [-0.2, 0) is 9.53 Å². The topological polar surface area (TPSA) is 46.5 Å². The lowest BCUT2D eigenvalue weighted by Gasteiger charge is -2.20. The van der Waals surface area contributed by atoms with Crippen LogP contribution in [0.25, 0.3) is 0 Å². The maximum absolute atomic E-state index is 11.6. The van der Waals surface area contributed by atoms with Gasteiger partial charge in [-0.1, -0.05) is 24.3 Å². The Balaban J connectivity index is 2.27. The molecule has 1 aliphatic heterocycles. The van der Waals surface area contributed by atoms with E-state index in [4.69, 9.17) is 4.74 Å².